The number of nitrogens with one attached hydrogen (secondary N) is 2. The number of nitro groups is 1. The van der Waals surface area contributed by atoms with Crippen molar-refractivity contribution in [3.05, 3.63) is 33.9 Å². The Hall–Kier alpha value is -2.11. The van der Waals surface area contributed by atoms with E-state index in [4.69, 9.17) is 0 Å². The standard InChI is InChI=1S/C13H17N3O3/c1-13(2)7-11(13)15-12(17)8-4-5-9(14-3)10(6-8)16(18)19/h4-6,11,14H,7H2,1-3H3,(H,15,17). The van der Waals surface area contributed by atoms with Crippen molar-refractivity contribution >= 4 is 17.3 Å². The van der Waals surface area contributed by atoms with E-state index in [0.717, 1.165) is 6.42 Å². The average molecular weight is 263 g/mol. The highest BCUT2D eigenvalue weighted by molar-refractivity contribution is 5.96. The number of rotatable bonds is 4. The fraction of sp³-hybridized carbons (Fsp3) is 0.462. The number of anilines is 1. The molecule has 6 nitrogen and oxygen atoms in total. The number of benzene rings is 1. The molecule has 102 valence electrons. The van der Waals surface area contributed by atoms with Gasteiger partial charge in [0.15, 0.2) is 0 Å². The molecule has 0 aliphatic heterocycles. The van der Waals surface area contributed by atoms with Crippen molar-refractivity contribution in [2.75, 3.05) is 12.4 Å². The van der Waals surface area contributed by atoms with Gasteiger partial charge < -0.3 is 10.6 Å². The van der Waals surface area contributed by atoms with E-state index in [-0.39, 0.29) is 23.1 Å². The molecule has 0 radical (unpaired) electrons. The number of hydrogen-bond acceptors (Lipinski definition) is 4. The van der Waals surface area contributed by atoms with Gasteiger partial charge in [0, 0.05) is 24.7 Å². The summed E-state index contributed by atoms with van der Waals surface area (Å²) in [6.07, 6.45) is 0.940. The average Bonchev–Trinajstić information content (AvgIpc) is 2.95. The van der Waals surface area contributed by atoms with Crippen molar-refractivity contribution in [3.8, 4) is 0 Å². The molecule has 0 heterocycles. The Labute approximate surface area is 111 Å². The van der Waals surface area contributed by atoms with Gasteiger partial charge in [-0.05, 0) is 24.0 Å². The van der Waals surface area contributed by atoms with Gasteiger partial charge in [-0.2, -0.15) is 0 Å². The van der Waals surface area contributed by atoms with Gasteiger partial charge in [0.25, 0.3) is 11.6 Å². The number of carbonyl (C=O) groups excluding carboxylic acids is 1. The third kappa shape index (κ3) is 2.67. The molecule has 0 bridgehead atoms. The molecule has 19 heavy (non-hydrogen) atoms. The van der Waals surface area contributed by atoms with Crippen LogP contribution in [0.3, 0.4) is 0 Å². The summed E-state index contributed by atoms with van der Waals surface area (Å²) in [5, 5.41) is 16.5. The zero-order valence-corrected chi connectivity index (χ0v) is 11.2. The minimum absolute atomic E-state index is 0.0924. The van der Waals surface area contributed by atoms with Crippen LogP contribution in [0.4, 0.5) is 11.4 Å². The van der Waals surface area contributed by atoms with Gasteiger partial charge in [-0.25, -0.2) is 0 Å². The Morgan fingerprint density at radius 3 is 2.58 bits per heavy atom. The van der Waals surface area contributed by atoms with E-state index in [1.165, 1.54) is 6.07 Å². The molecule has 6 heteroatoms. The van der Waals surface area contributed by atoms with Gasteiger partial charge in [-0.15, -0.1) is 0 Å². The Bertz CT molecular complexity index is 540. The highest BCUT2D eigenvalue weighted by Gasteiger charge is 2.46. The Kier molecular flexibility index (Phi) is 3.18. The number of nitro benzene ring substituents is 1. The van der Waals surface area contributed by atoms with Crippen molar-refractivity contribution in [3.63, 3.8) is 0 Å². The quantitative estimate of drug-likeness (QED) is 0.644. The summed E-state index contributed by atoms with van der Waals surface area (Å²) < 4.78 is 0. The van der Waals surface area contributed by atoms with E-state index in [9.17, 15) is 14.9 Å². The van der Waals surface area contributed by atoms with Crippen LogP contribution < -0.4 is 10.6 Å². The largest absolute Gasteiger partial charge is 0.383 e. The van der Waals surface area contributed by atoms with Crippen molar-refractivity contribution in [2.45, 2.75) is 26.3 Å². The molecule has 1 fully saturated rings. The van der Waals surface area contributed by atoms with Crippen LogP contribution in [0.2, 0.25) is 0 Å². The summed E-state index contributed by atoms with van der Waals surface area (Å²) in [6, 6.07) is 4.59. The molecular formula is C13H17N3O3. The maximum atomic E-state index is 12.0. The maximum absolute atomic E-state index is 12.0. The molecule has 1 amide bonds. The van der Waals surface area contributed by atoms with Crippen LogP contribution in [0, 0.1) is 15.5 Å². The van der Waals surface area contributed by atoms with Crippen molar-refractivity contribution in [1.29, 1.82) is 0 Å². The van der Waals surface area contributed by atoms with Gasteiger partial charge in [0.2, 0.25) is 0 Å². The van der Waals surface area contributed by atoms with E-state index >= 15 is 0 Å². The van der Waals surface area contributed by atoms with E-state index in [0.29, 0.717) is 11.3 Å². The summed E-state index contributed by atoms with van der Waals surface area (Å²) in [7, 11) is 1.61. The normalized spacial score (nSPS) is 19.6. The number of hydrogen-bond donors (Lipinski definition) is 2. The summed E-state index contributed by atoms with van der Waals surface area (Å²) in [6.45, 7) is 4.15. The zero-order chi connectivity index (χ0) is 14.2. The number of amides is 1. The lowest BCUT2D eigenvalue weighted by molar-refractivity contribution is -0.384. The van der Waals surface area contributed by atoms with E-state index in [1.54, 1.807) is 19.2 Å². The Morgan fingerprint density at radius 2 is 2.11 bits per heavy atom. The van der Waals surface area contributed by atoms with E-state index < -0.39 is 4.92 Å². The molecule has 1 saturated carbocycles. The topological polar surface area (TPSA) is 84.3 Å². The molecular weight excluding hydrogens is 246 g/mol. The van der Waals surface area contributed by atoms with E-state index in [2.05, 4.69) is 24.5 Å². The van der Waals surface area contributed by atoms with Crippen molar-refractivity contribution in [1.82, 2.24) is 5.32 Å². The third-order valence-corrected chi connectivity index (χ3v) is 3.54. The van der Waals surface area contributed by atoms with Crippen LogP contribution in [0.5, 0.6) is 0 Å². The summed E-state index contributed by atoms with van der Waals surface area (Å²) in [5.74, 6) is -0.263. The molecule has 0 saturated heterocycles. The zero-order valence-electron chi connectivity index (χ0n) is 11.2. The molecule has 1 aliphatic rings. The lowest BCUT2D eigenvalue weighted by Crippen LogP contribution is -2.28. The summed E-state index contributed by atoms with van der Waals surface area (Å²) in [4.78, 5) is 22.4. The fourth-order valence-electron chi connectivity index (χ4n) is 1.99. The molecule has 1 unspecified atom stereocenters. The Morgan fingerprint density at radius 1 is 1.47 bits per heavy atom. The van der Waals surface area contributed by atoms with Crippen LogP contribution >= 0.6 is 0 Å². The van der Waals surface area contributed by atoms with Crippen LogP contribution in [0.15, 0.2) is 18.2 Å². The third-order valence-electron chi connectivity index (χ3n) is 3.54. The number of nitrogens with zero attached hydrogens (tertiary/aromatic N) is 1. The lowest BCUT2D eigenvalue weighted by atomic mass is 10.1. The monoisotopic (exact) mass is 263 g/mol. The second kappa shape index (κ2) is 4.53. The van der Waals surface area contributed by atoms with Gasteiger partial charge >= 0.3 is 0 Å². The van der Waals surface area contributed by atoms with Gasteiger partial charge in [-0.3, -0.25) is 14.9 Å². The molecule has 2 N–H and O–H groups in total. The minimum Gasteiger partial charge on any atom is -0.383 e. The first-order valence-corrected chi connectivity index (χ1v) is 6.12. The smallest absolute Gasteiger partial charge is 0.293 e. The highest BCUT2D eigenvalue weighted by Crippen LogP contribution is 2.44. The molecule has 0 aromatic heterocycles. The molecule has 1 aliphatic carbocycles. The van der Waals surface area contributed by atoms with Gasteiger partial charge in [0.1, 0.15) is 5.69 Å². The second-order valence-corrected chi connectivity index (χ2v) is 5.46. The van der Waals surface area contributed by atoms with Gasteiger partial charge in [-0.1, -0.05) is 13.8 Å². The maximum Gasteiger partial charge on any atom is 0.293 e. The van der Waals surface area contributed by atoms with Crippen LogP contribution in [-0.4, -0.2) is 23.9 Å². The van der Waals surface area contributed by atoms with Crippen molar-refractivity contribution < 1.29 is 9.72 Å². The SMILES string of the molecule is CNc1ccc(C(=O)NC2CC2(C)C)cc1[N+](=O)[O-]. The predicted molar refractivity (Wildman–Crippen MR) is 72.3 cm³/mol. The molecule has 1 aromatic rings. The van der Waals surface area contributed by atoms with Crippen LogP contribution in [0.1, 0.15) is 30.6 Å². The fourth-order valence-corrected chi connectivity index (χ4v) is 1.99. The molecule has 2 rings (SSSR count). The van der Waals surface area contributed by atoms with E-state index in [1.807, 2.05) is 0 Å². The van der Waals surface area contributed by atoms with Crippen LogP contribution in [0.25, 0.3) is 0 Å². The minimum atomic E-state index is -0.496. The summed E-state index contributed by atoms with van der Waals surface area (Å²) >= 11 is 0. The first kappa shape index (κ1) is 13.3. The van der Waals surface area contributed by atoms with Crippen molar-refractivity contribution in [2.24, 2.45) is 5.41 Å². The second-order valence-electron chi connectivity index (χ2n) is 5.46. The lowest BCUT2D eigenvalue weighted by Gasteiger charge is -2.08. The molecule has 0 spiro atoms. The predicted octanol–water partition coefficient (Wildman–Crippen LogP) is 2.16. The van der Waals surface area contributed by atoms with Crippen LogP contribution in [-0.2, 0) is 0 Å². The first-order chi connectivity index (χ1) is 8.85. The first-order valence-electron chi connectivity index (χ1n) is 6.12. The molecule has 1 atom stereocenters. The molecule has 1 aromatic carbocycles. The highest BCUT2D eigenvalue weighted by atomic mass is 16.6. The van der Waals surface area contributed by atoms with Gasteiger partial charge in [0.05, 0.1) is 4.92 Å². The Balaban J connectivity index is 2.18. The number of carbonyl (C=O) groups is 1. The summed E-state index contributed by atoms with van der Waals surface area (Å²) in [5.41, 5.74) is 0.749.